The monoisotopic (exact) mass is 392 g/mol. The van der Waals surface area contributed by atoms with Crippen molar-refractivity contribution in [2.24, 2.45) is 11.8 Å². The van der Waals surface area contributed by atoms with Gasteiger partial charge in [-0.05, 0) is 12.8 Å². The molecule has 0 heterocycles. The standard InChI is InChI=1S/C24H40O4/c1-3-5-7-9-11-15-19-27-23(25)21-17-13-14-18-22(21)24(26)28-20-16-12-10-8-6-4-2/h13-14,17-18,21-22H,3-12,15-16,19-20H2,1-2H3. The van der Waals surface area contributed by atoms with Gasteiger partial charge in [0.2, 0.25) is 0 Å². The highest BCUT2D eigenvalue weighted by Gasteiger charge is 2.33. The Kier molecular flexibility index (Phi) is 14.3. The van der Waals surface area contributed by atoms with Crippen LogP contribution in [0.3, 0.4) is 0 Å². The van der Waals surface area contributed by atoms with Gasteiger partial charge in [0.15, 0.2) is 0 Å². The summed E-state index contributed by atoms with van der Waals surface area (Å²) in [5.74, 6) is -1.78. The van der Waals surface area contributed by atoms with Crippen LogP contribution in [-0.4, -0.2) is 25.2 Å². The fourth-order valence-corrected chi connectivity index (χ4v) is 3.36. The van der Waals surface area contributed by atoms with Crippen LogP contribution in [0.5, 0.6) is 0 Å². The van der Waals surface area contributed by atoms with E-state index in [0.717, 1.165) is 25.7 Å². The van der Waals surface area contributed by atoms with Gasteiger partial charge in [-0.25, -0.2) is 0 Å². The van der Waals surface area contributed by atoms with E-state index >= 15 is 0 Å². The fraction of sp³-hybridized carbons (Fsp3) is 0.750. The van der Waals surface area contributed by atoms with E-state index in [0.29, 0.717) is 13.2 Å². The predicted molar refractivity (Wildman–Crippen MR) is 114 cm³/mol. The molecule has 1 rings (SSSR count). The van der Waals surface area contributed by atoms with Crippen LogP contribution in [0.2, 0.25) is 0 Å². The minimum atomic E-state index is -0.567. The summed E-state index contributed by atoms with van der Waals surface area (Å²) in [4.78, 5) is 24.8. The molecule has 1 aliphatic rings. The Hall–Kier alpha value is -1.58. The van der Waals surface area contributed by atoms with Crippen LogP contribution in [0.1, 0.15) is 90.9 Å². The second kappa shape index (κ2) is 16.4. The van der Waals surface area contributed by atoms with E-state index in [4.69, 9.17) is 9.47 Å². The molecule has 1 aliphatic carbocycles. The number of ether oxygens (including phenoxy) is 2. The Bertz CT molecular complexity index is 437. The molecule has 0 radical (unpaired) electrons. The van der Waals surface area contributed by atoms with Gasteiger partial charge in [0, 0.05) is 0 Å². The van der Waals surface area contributed by atoms with Crippen molar-refractivity contribution in [2.75, 3.05) is 13.2 Å². The van der Waals surface area contributed by atoms with Gasteiger partial charge in [0.05, 0.1) is 25.0 Å². The summed E-state index contributed by atoms with van der Waals surface area (Å²) >= 11 is 0. The van der Waals surface area contributed by atoms with Crippen molar-refractivity contribution in [3.8, 4) is 0 Å². The first-order valence-electron chi connectivity index (χ1n) is 11.4. The first-order chi connectivity index (χ1) is 13.7. The number of rotatable bonds is 16. The molecule has 28 heavy (non-hydrogen) atoms. The molecule has 0 aromatic carbocycles. The minimum Gasteiger partial charge on any atom is -0.465 e. The number of esters is 2. The lowest BCUT2D eigenvalue weighted by Gasteiger charge is -2.21. The van der Waals surface area contributed by atoms with Gasteiger partial charge in [-0.15, -0.1) is 0 Å². The van der Waals surface area contributed by atoms with Gasteiger partial charge in [0.1, 0.15) is 0 Å². The number of carbonyl (C=O) groups excluding carboxylic acids is 2. The molecule has 0 saturated carbocycles. The predicted octanol–water partition coefficient (Wildman–Crippen LogP) is 6.15. The summed E-state index contributed by atoms with van der Waals surface area (Å²) in [6.07, 6.45) is 20.9. The second-order valence-corrected chi connectivity index (χ2v) is 7.69. The van der Waals surface area contributed by atoms with Crippen molar-refractivity contribution in [3.05, 3.63) is 24.3 Å². The van der Waals surface area contributed by atoms with Crippen LogP contribution >= 0.6 is 0 Å². The normalized spacial score (nSPS) is 18.2. The lowest BCUT2D eigenvalue weighted by molar-refractivity contribution is -0.157. The van der Waals surface area contributed by atoms with Crippen molar-refractivity contribution >= 4 is 11.9 Å². The lowest BCUT2D eigenvalue weighted by Crippen LogP contribution is -2.31. The molecule has 4 heteroatoms. The number of hydrogen-bond acceptors (Lipinski definition) is 4. The van der Waals surface area contributed by atoms with E-state index in [1.54, 1.807) is 24.3 Å². The van der Waals surface area contributed by atoms with E-state index in [9.17, 15) is 9.59 Å². The van der Waals surface area contributed by atoms with Gasteiger partial charge in [-0.2, -0.15) is 0 Å². The molecule has 2 unspecified atom stereocenters. The summed E-state index contributed by atoms with van der Waals surface area (Å²) in [7, 11) is 0. The summed E-state index contributed by atoms with van der Waals surface area (Å²) in [5, 5.41) is 0. The minimum absolute atomic E-state index is 0.323. The van der Waals surface area contributed by atoms with Crippen LogP contribution in [0.15, 0.2) is 24.3 Å². The summed E-state index contributed by atoms with van der Waals surface area (Å²) in [6.45, 7) is 5.25. The molecule has 0 spiro atoms. The van der Waals surface area contributed by atoms with Crippen LogP contribution in [0, 0.1) is 11.8 Å². The van der Waals surface area contributed by atoms with Crippen molar-refractivity contribution in [2.45, 2.75) is 90.9 Å². The molecule has 0 fully saturated rings. The fourth-order valence-electron chi connectivity index (χ4n) is 3.36. The van der Waals surface area contributed by atoms with E-state index in [2.05, 4.69) is 13.8 Å². The third-order valence-corrected chi connectivity index (χ3v) is 5.16. The molecule has 0 N–H and O–H groups in total. The molecule has 0 aromatic heterocycles. The van der Waals surface area contributed by atoms with E-state index in [1.807, 2.05) is 0 Å². The van der Waals surface area contributed by atoms with Gasteiger partial charge >= 0.3 is 11.9 Å². The first-order valence-corrected chi connectivity index (χ1v) is 11.4. The average molecular weight is 393 g/mol. The van der Waals surface area contributed by atoms with Gasteiger partial charge in [-0.1, -0.05) is 102 Å². The zero-order chi connectivity index (χ0) is 20.5. The number of hydrogen-bond donors (Lipinski definition) is 0. The molecule has 4 nitrogen and oxygen atoms in total. The van der Waals surface area contributed by atoms with Crippen LogP contribution < -0.4 is 0 Å². The third-order valence-electron chi connectivity index (χ3n) is 5.16. The van der Waals surface area contributed by atoms with E-state index in [-0.39, 0.29) is 11.9 Å². The maximum absolute atomic E-state index is 12.4. The van der Waals surface area contributed by atoms with Crippen molar-refractivity contribution in [1.29, 1.82) is 0 Å². The van der Waals surface area contributed by atoms with Crippen molar-refractivity contribution in [3.63, 3.8) is 0 Å². The first kappa shape index (κ1) is 24.5. The highest BCUT2D eigenvalue weighted by atomic mass is 16.5. The summed E-state index contributed by atoms with van der Waals surface area (Å²) in [6, 6.07) is 0. The molecule has 0 aliphatic heterocycles. The van der Waals surface area contributed by atoms with Gasteiger partial charge in [-0.3, -0.25) is 9.59 Å². The Balaban J connectivity index is 2.26. The molecule has 0 bridgehead atoms. The topological polar surface area (TPSA) is 52.6 Å². The van der Waals surface area contributed by atoms with Gasteiger partial charge in [0.25, 0.3) is 0 Å². The molecule has 0 saturated heterocycles. The van der Waals surface area contributed by atoms with E-state index < -0.39 is 11.8 Å². The zero-order valence-electron chi connectivity index (χ0n) is 18.0. The Morgan fingerprint density at radius 3 is 1.36 bits per heavy atom. The van der Waals surface area contributed by atoms with Crippen molar-refractivity contribution in [1.82, 2.24) is 0 Å². The molecular formula is C24H40O4. The molecular weight excluding hydrogens is 352 g/mol. The summed E-state index contributed by atoms with van der Waals surface area (Å²) in [5.41, 5.74) is 0. The van der Waals surface area contributed by atoms with Crippen molar-refractivity contribution < 1.29 is 19.1 Å². The molecule has 0 amide bonds. The maximum atomic E-state index is 12.4. The van der Waals surface area contributed by atoms with Crippen LogP contribution in [-0.2, 0) is 19.1 Å². The highest BCUT2D eigenvalue weighted by Crippen LogP contribution is 2.23. The quantitative estimate of drug-likeness (QED) is 0.233. The third kappa shape index (κ3) is 10.7. The number of carbonyl (C=O) groups is 2. The molecule has 0 aromatic rings. The highest BCUT2D eigenvalue weighted by molar-refractivity contribution is 5.85. The SMILES string of the molecule is CCCCCCCCOC(=O)C1C=CC=CC1C(=O)OCCCCCCCC. The lowest BCUT2D eigenvalue weighted by atomic mass is 9.88. The second-order valence-electron chi connectivity index (χ2n) is 7.69. The zero-order valence-corrected chi connectivity index (χ0v) is 18.0. The average Bonchev–Trinajstić information content (AvgIpc) is 2.72. The number of allylic oxidation sites excluding steroid dienone is 2. The Morgan fingerprint density at radius 1 is 0.607 bits per heavy atom. The van der Waals surface area contributed by atoms with Crippen LogP contribution in [0.25, 0.3) is 0 Å². The summed E-state index contributed by atoms with van der Waals surface area (Å²) < 4.78 is 10.8. The Morgan fingerprint density at radius 2 is 0.964 bits per heavy atom. The molecule has 2 atom stereocenters. The Labute approximate surface area is 171 Å². The smallest absolute Gasteiger partial charge is 0.314 e. The van der Waals surface area contributed by atoms with Crippen LogP contribution in [0.4, 0.5) is 0 Å². The molecule has 160 valence electrons. The van der Waals surface area contributed by atoms with E-state index in [1.165, 1.54) is 51.4 Å². The van der Waals surface area contributed by atoms with Gasteiger partial charge < -0.3 is 9.47 Å². The number of unbranched alkanes of at least 4 members (excludes halogenated alkanes) is 10. The maximum Gasteiger partial charge on any atom is 0.314 e. The largest absolute Gasteiger partial charge is 0.465 e.